The van der Waals surface area contributed by atoms with Crippen LogP contribution in [0.25, 0.3) is 0 Å². The van der Waals surface area contributed by atoms with Gasteiger partial charge in [-0.2, -0.15) is 5.26 Å². The second-order valence-corrected chi connectivity index (χ2v) is 1.47. The standard InChI is InChI=1S/C6H3NO4/c7-3-4(6(10)11)1-2-5(8)9/h4H,(H,8,9)(H,10,11). The Hall–Kier alpha value is -2.01. The van der Waals surface area contributed by atoms with Crippen LogP contribution in [-0.4, -0.2) is 22.2 Å². The van der Waals surface area contributed by atoms with Gasteiger partial charge in [-0.25, -0.2) is 9.59 Å². The Balaban J connectivity index is 4.38. The Morgan fingerprint density at radius 2 is 1.91 bits per heavy atom. The molecule has 1 unspecified atom stereocenters. The van der Waals surface area contributed by atoms with Crippen LogP contribution in [0.1, 0.15) is 0 Å². The van der Waals surface area contributed by atoms with Crippen molar-refractivity contribution in [3.63, 3.8) is 0 Å². The molecule has 0 radical (unpaired) electrons. The molecule has 0 aromatic rings. The summed E-state index contributed by atoms with van der Waals surface area (Å²) < 4.78 is 0. The molecule has 0 saturated heterocycles. The van der Waals surface area contributed by atoms with Gasteiger partial charge in [0.15, 0.2) is 0 Å². The van der Waals surface area contributed by atoms with Crippen LogP contribution in [-0.2, 0) is 9.59 Å². The highest BCUT2D eigenvalue weighted by atomic mass is 16.4. The highest BCUT2D eigenvalue weighted by Gasteiger charge is 2.12. The number of hydrogen-bond acceptors (Lipinski definition) is 3. The Morgan fingerprint density at radius 3 is 2.18 bits per heavy atom. The number of carboxylic acids is 2. The highest BCUT2D eigenvalue weighted by molar-refractivity contribution is 5.88. The molecule has 2 N–H and O–H groups in total. The molecule has 5 heteroatoms. The normalized spacial score (nSPS) is 10.1. The highest BCUT2D eigenvalue weighted by Crippen LogP contribution is 1.89. The van der Waals surface area contributed by atoms with Gasteiger partial charge in [0.2, 0.25) is 5.92 Å². The van der Waals surface area contributed by atoms with E-state index in [0.717, 1.165) is 0 Å². The minimum absolute atomic E-state index is 1.32. The monoisotopic (exact) mass is 153 g/mol. The molecular weight excluding hydrogens is 150 g/mol. The number of carboxylic acid groups (broad SMARTS) is 2. The van der Waals surface area contributed by atoms with Crippen LogP contribution in [0.4, 0.5) is 0 Å². The summed E-state index contributed by atoms with van der Waals surface area (Å²) in [7, 11) is 0. The molecule has 0 aliphatic rings. The summed E-state index contributed by atoms with van der Waals surface area (Å²) in [6.07, 6.45) is 0. The summed E-state index contributed by atoms with van der Waals surface area (Å²) in [6.45, 7) is 0. The summed E-state index contributed by atoms with van der Waals surface area (Å²) >= 11 is 0. The summed E-state index contributed by atoms with van der Waals surface area (Å²) in [5, 5.41) is 24.2. The lowest BCUT2D eigenvalue weighted by Gasteiger charge is -1.87. The Bertz CT molecular complexity index is 277. The van der Waals surface area contributed by atoms with Crippen molar-refractivity contribution in [1.29, 1.82) is 5.26 Å². The van der Waals surface area contributed by atoms with E-state index in [1.54, 1.807) is 11.8 Å². The first-order valence-corrected chi connectivity index (χ1v) is 2.45. The smallest absolute Gasteiger partial charge is 0.381 e. The second kappa shape index (κ2) is 3.91. The fourth-order valence-corrected chi connectivity index (χ4v) is 0.283. The SMILES string of the molecule is N#CC(C#CC(=O)O)C(=O)O. The molecule has 1 atom stereocenters. The predicted octanol–water partition coefficient (Wildman–Crippen LogP) is -0.701. The molecule has 0 aliphatic carbocycles. The number of aliphatic carboxylic acids is 2. The molecule has 0 saturated carbocycles. The van der Waals surface area contributed by atoms with Crippen LogP contribution in [0.3, 0.4) is 0 Å². The van der Waals surface area contributed by atoms with E-state index in [4.69, 9.17) is 15.5 Å². The predicted molar refractivity (Wildman–Crippen MR) is 32.2 cm³/mol. The topological polar surface area (TPSA) is 98.4 Å². The fourth-order valence-electron chi connectivity index (χ4n) is 0.283. The maximum absolute atomic E-state index is 10.0. The van der Waals surface area contributed by atoms with E-state index in [-0.39, 0.29) is 0 Å². The molecule has 0 heterocycles. The van der Waals surface area contributed by atoms with Gasteiger partial charge in [0.25, 0.3) is 0 Å². The first-order valence-electron chi connectivity index (χ1n) is 2.45. The fraction of sp³-hybridized carbons (Fsp3) is 0.167. The summed E-state index contributed by atoms with van der Waals surface area (Å²) in [5.41, 5.74) is 0. The summed E-state index contributed by atoms with van der Waals surface area (Å²) in [5.74, 6) is -1.16. The zero-order valence-electron chi connectivity index (χ0n) is 5.24. The lowest BCUT2D eigenvalue weighted by molar-refractivity contribution is -0.138. The van der Waals surface area contributed by atoms with Gasteiger partial charge < -0.3 is 10.2 Å². The number of carbonyl (C=O) groups is 2. The third-order valence-corrected chi connectivity index (χ3v) is 0.699. The van der Waals surface area contributed by atoms with Crippen molar-refractivity contribution in [2.24, 2.45) is 5.92 Å². The van der Waals surface area contributed by atoms with Crippen molar-refractivity contribution in [3.8, 4) is 17.9 Å². The van der Waals surface area contributed by atoms with Gasteiger partial charge in [-0.3, -0.25) is 0 Å². The van der Waals surface area contributed by atoms with Crippen molar-refractivity contribution in [3.05, 3.63) is 0 Å². The van der Waals surface area contributed by atoms with E-state index < -0.39 is 17.9 Å². The number of rotatable bonds is 1. The number of hydrogen-bond donors (Lipinski definition) is 2. The molecule has 0 spiro atoms. The van der Waals surface area contributed by atoms with Crippen LogP contribution >= 0.6 is 0 Å². The largest absolute Gasteiger partial charge is 0.480 e. The van der Waals surface area contributed by atoms with Gasteiger partial charge in [-0.05, 0) is 0 Å². The first kappa shape index (κ1) is 8.99. The van der Waals surface area contributed by atoms with Crippen molar-refractivity contribution < 1.29 is 19.8 Å². The Morgan fingerprint density at radius 1 is 1.36 bits per heavy atom. The third-order valence-electron chi connectivity index (χ3n) is 0.699. The molecule has 0 rings (SSSR count). The number of nitriles is 1. The van der Waals surface area contributed by atoms with E-state index in [9.17, 15) is 9.59 Å². The second-order valence-electron chi connectivity index (χ2n) is 1.47. The Kier molecular flexibility index (Phi) is 3.20. The molecule has 56 valence electrons. The van der Waals surface area contributed by atoms with Gasteiger partial charge >= 0.3 is 11.9 Å². The maximum atomic E-state index is 10.0. The third kappa shape index (κ3) is 3.55. The molecule has 11 heavy (non-hydrogen) atoms. The average molecular weight is 153 g/mol. The van der Waals surface area contributed by atoms with Crippen LogP contribution in [0.5, 0.6) is 0 Å². The number of nitrogens with zero attached hydrogens (tertiary/aromatic N) is 1. The van der Waals surface area contributed by atoms with Gasteiger partial charge in [-0.1, -0.05) is 5.92 Å². The summed E-state index contributed by atoms with van der Waals surface area (Å²) in [4.78, 5) is 19.8. The molecule has 0 aromatic carbocycles. The zero-order valence-corrected chi connectivity index (χ0v) is 5.24. The minimum atomic E-state index is -1.56. The van der Waals surface area contributed by atoms with E-state index in [1.807, 2.05) is 0 Å². The molecule has 5 nitrogen and oxygen atoms in total. The van der Waals surface area contributed by atoms with E-state index in [2.05, 4.69) is 0 Å². The van der Waals surface area contributed by atoms with E-state index in [1.165, 1.54) is 6.07 Å². The van der Waals surface area contributed by atoms with Crippen LogP contribution in [0.15, 0.2) is 0 Å². The maximum Gasteiger partial charge on any atom is 0.381 e. The van der Waals surface area contributed by atoms with Crippen LogP contribution in [0.2, 0.25) is 0 Å². The first-order chi connectivity index (χ1) is 5.07. The van der Waals surface area contributed by atoms with E-state index >= 15 is 0 Å². The molecule has 0 amide bonds. The van der Waals surface area contributed by atoms with Crippen LogP contribution < -0.4 is 0 Å². The van der Waals surface area contributed by atoms with Gasteiger partial charge in [-0.15, -0.1) is 0 Å². The van der Waals surface area contributed by atoms with Crippen LogP contribution in [0, 0.1) is 29.1 Å². The summed E-state index contributed by atoms with van der Waals surface area (Å²) in [6, 6.07) is 1.32. The Labute approximate surface area is 61.9 Å². The lowest BCUT2D eigenvalue weighted by Crippen LogP contribution is -2.09. The minimum Gasteiger partial charge on any atom is -0.480 e. The molecule has 0 aromatic heterocycles. The molecule has 0 bridgehead atoms. The van der Waals surface area contributed by atoms with E-state index in [0.29, 0.717) is 0 Å². The van der Waals surface area contributed by atoms with Gasteiger partial charge in [0.05, 0.1) is 6.07 Å². The van der Waals surface area contributed by atoms with Gasteiger partial charge in [0.1, 0.15) is 0 Å². The molecule has 0 fully saturated rings. The zero-order chi connectivity index (χ0) is 8.85. The van der Waals surface area contributed by atoms with Gasteiger partial charge in [0, 0.05) is 5.92 Å². The average Bonchev–Trinajstić information content (AvgIpc) is 1.87. The lowest BCUT2D eigenvalue weighted by atomic mass is 10.2. The van der Waals surface area contributed by atoms with Crippen molar-refractivity contribution in [2.45, 2.75) is 0 Å². The molecule has 0 aliphatic heterocycles. The molecular formula is C6H3NO4. The van der Waals surface area contributed by atoms with Crippen molar-refractivity contribution >= 4 is 11.9 Å². The van der Waals surface area contributed by atoms with Crippen molar-refractivity contribution in [2.75, 3.05) is 0 Å². The van der Waals surface area contributed by atoms with Crippen molar-refractivity contribution in [1.82, 2.24) is 0 Å². The quantitative estimate of drug-likeness (QED) is 0.485.